The summed E-state index contributed by atoms with van der Waals surface area (Å²) in [6.45, 7) is 3.92. The van der Waals surface area contributed by atoms with Gasteiger partial charge in [-0.3, -0.25) is 4.79 Å². The van der Waals surface area contributed by atoms with Gasteiger partial charge in [-0.2, -0.15) is 0 Å². The normalized spacial score (nSPS) is 35.6. The van der Waals surface area contributed by atoms with E-state index in [2.05, 4.69) is 15.3 Å². The van der Waals surface area contributed by atoms with Crippen molar-refractivity contribution in [2.45, 2.75) is 44.3 Å². The van der Waals surface area contributed by atoms with Crippen molar-refractivity contribution >= 4 is 17.7 Å². The Morgan fingerprint density at radius 3 is 2.48 bits per heavy atom. The van der Waals surface area contributed by atoms with E-state index in [9.17, 15) is 4.79 Å². The Morgan fingerprint density at radius 2 is 1.86 bits per heavy atom. The summed E-state index contributed by atoms with van der Waals surface area (Å²) in [4.78, 5) is 20.8. The lowest BCUT2D eigenvalue weighted by molar-refractivity contribution is -0.118. The van der Waals surface area contributed by atoms with Gasteiger partial charge in [-0.15, -0.1) is 0 Å². The Hall–Kier alpha value is -1.10. The number of aromatic nitrogens is 2. The molecule has 3 fully saturated rings. The van der Waals surface area contributed by atoms with Crippen LogP contribution in [0.15, 0.2) is 11.2 Å². The first-order valence-corrected chi connectivity index (χ1v) is 8.85. The molecule has 1 amide bonds. The fraction of sp³-hybridized carbons (Fsp3) is 0.688. The molecule has 5 heteroatoms. The molecule has 1 heterocycles. The maximum absolute atomic E-state index is 12.1. The number of hydrogen-bond acceptors (Lipinski definition) is 4. The van der Waals surface area contributed by atoms with E-state index in [0.717, 1.165) is 35.1 Å². The third-order valence-electron chi connectivity index (χ3n) is 5.36. The predicted molar refractivity (Wildman–Crippen MR) is 82.0 cm³/mol. The second-order valence-electron chi connectivity index (χ2n) is 6.80. The van der Waals surface area contributed by atoms with Crippen molar-refractivity contribution in [1.82, 2.24) is 15.3 Å². The highest BCUT2D eigenvalue weighted by Gasteiger charge is 2.65. The molecule has 0 unspecified atom stereocenters. The van der Waals surface area contributed by atoms with E-state index in [4.69, 9.17) is 0 Å². The van der Waals surface area contributed by atoms with Crippen molar-refractivity contribution in [2.24, 2.45) is 23.7 Å². The molecule has 0 radical (unpaired) electrons. The van der Waals surface area contributed by atoms with Gasteiger partial charge in [-0.05, 0) is 62.8 Å². The fourth-order valence-corrected chi connectivity index (χ4v) is 5.39. The lowest BCUT2D eigenvalue weighted by atomic mass is 10.0. The van der Waals surface area contributed by atoms with Crippen LogP contribution in [0.25, 0.3) is 0 Å². The van der Waals surface area contributed by atoms with Gasteiger partial charge in [0.1, 0.15) is 0 Å². The molecule has 1 aromatic rings. The molecule has 0 aromatic carbocycles. The molecule has 2 bridgehead atoms. The smallest absolute Gasteiger partial charge is 0.230 e. The standard InChI is InChI=1S/C16H21N3OS/c1-8-5-9(2)18-16(17-8)21-7-12(20)19-15-13-10-3-4-11(6-10)14(13)15/h5,10-11,13-15H,3-4,6-7H2,1-2H3,(H,19,20)/t10-,11-,13-,14-/m0/s1. The molecule has 3 aliphatic rings. The molecule has 112 valence electrons. The molecule has 4 atom stereocenters. The average molecular weight is 303 g/mol. The zero-order valence-corrected chi connectivity index (χ0v) is 13.3. The minimum atomic E-state index is 0.140. The molecular weight excluding hydrogens is 282 g/mol. The second-order valence-corrected chi connectivity index (χ2v) is 7.75. The van der Waals surface area contributed by atoms with Crippen molar-refractivity contribution in [3.63, 3.8) is 0 Å². The summed E-state index contributed by atoms with van der Waals surface area (Å²) in [7, 11) is 0. The number of hydrogen-bond donors (Lipinski definition) is 1. The van der Waals surface area contributed by atoms with Gasteiger partial charge in [0.05, 0.1) is 5.75 Å². The van der Waals surface area contributed by atoms with Crippen molar-refractivity contribution in [3.8, 4) is 0 Å². The van der Waals surface area contributed by atoms with Gasteiger partial charge < -0.3 is 5.32 Å². The Balaban J connectivity index is 1.29. The number of thioether (sulfide) groups is 1. The second kappa shape index (κ2) is 4.97. The van der Waals surface area contributed by atoms with Crippen molar-refractivity contribution < 1.29 is 4.79 Å². The van der Waals surface area contributed by atoms with E-state index in [-0.39, 0.29) is 5.91 Å². The molecule has 1 N–H and O–H groups in total. The van der Waals surface area contributed by atoms with Crippen LogP contribution >= 0.6 is 11.8 Å². The van der Waals surface area contributed by atoms with Crippen LogP contribution in [0, 0.1) is 37.5 Å². The van der Waals surface area contributed by atoms with E-state index < -0.39 is 0 Å². The van der Waals surface area contributed by atoms with Gasteiger partial charge in [0.15, 0.2) is 5.16 Å². The van der Waals surface area contributed by atoms with Crippen LogP contribution in [-0.4, -0.2) is 27.7 Å². The molecule has 0 aliphatic heterocycles. The first-order chi connectivity index (χ1) is 10.1. The molecule has 3 saturated carbocycles. The summed E-state index contributed by atoms with van der Waals surface area (Å²) in [6.07, 6.45) is 4.21. The van der Waals surface area contributed by atoms with Crippen molar-refractivity contribution in [3.05, 3.63) is 17.5 Å². The van der Waals surface area contributed by atoms with Crippen LogP contribution in [0.1, 0.15) is 30.7 Å². The number of rotatable bonds is 4. The highest BCUT2D eigenvalue weighted by Crippen LogP contribution is 2.65. The minimum absolute atomic E-state index is 0.140. The molecule has 4 nitrogen and oxygen atoms in total. The number of amides is 1. The molecule has 21 heavy (non-hydrogen) atoms. The summed E-state index contributed by atoms with van der Waals surface area (Å²) < 4.78 is 0. The molecule has 0 saturated heterocycles. The lowest BCUT2D eigenvalue weighted by Gasteiger charge is -2.10. The highest BCUT2D eigenvalue weighted by atomic mass is 32.2. The van der Waals surface area contributed by atoms with E-state index in [0.29, 0.717) is 17.0 Å². The third-order valence-corrected chi connectivity index (χ3v) is 6.20. The number of carbonyl (C=O) groups excluding carboxylic acids is 1. The summed E-state index contributed by atoms with van der Waals surface area (Å²) in [5.74, 6) is 3.97. The molecular formula is C16H21N3OS. The number of nitrogens with zero attached hydrogens (tertiary/aromatic N) is 2. The van der Waals surface area contributed by atoms with E-state index >= 15 is 0 Å². The minimum Gasteiger partial charge on any atom is -0.352 e. The average Bonchev–Trinajstić information content (AvgIpc) is 2.82. The Bertz CT molecular complexity index is 555. The number of carbonyl (C=O) groups is 1. The fourth-order valence-electron chi connectivity index (χ4n) is 4.63. The molecule has 1 aromatic heterocycles. The zero-order valence-electron chi connectivity index (χ0n) is 12.5. The van der Waals surface area contributed by atoms with Crippen LogP contribution in [0.2, 0.25) is 0 Å². The highest BCUT2D eigenvalue weighted by molar-refractivity contribution is 7.99. The summed E-state index contributed by atoms with van der Waals surface area (Å²) in [5.41, 5.74) is 1.91. The van der Waals surface area contributed by atoms with Gasteiger partial charge in [0.25, 0.3) is 0 Å². The quantitative estimate of drug-likeness (QED) is 0.685. The summed E-state index contributed by atoms with van der Waals surface area (Å²) in [5, 5.41) is 3.95. The molecule has 0 spiro atoms. The van der Waals surface area contributed by atoms with Crippen molar-refractivity contribution in [1.29, 1.82) is 0 Å². The SMILES string of the molecule is Cc1cc(C)nc(SCC(=O)NC2[C@H]3[C@H]4CC[C@@H](C4)[C@H]23)n1. The van der Waals surface area contributed by atoms with Crippen LogP contribution < -0.4 is 5.32 Å². The van der Waals surface area contributed by atoms with Crippen LogP contribution in [-0.2, 0) is 4.79 Å². The number of aryl methyl sites for hydroxylation is 2. The number of nitrogens with one attached hydrogen (secondary N) is 1. The van der Waals surface area contributed by atoms with E-state index in [1.54, 1.807) is 0 Å². The van der Waals surface area contributed by atoms with Crippen LogP contribution in [0.4, 0.5) is 0 Å². The lowest BCUT2D eigenvalue weighted by Crippen LogP contribution is -2.31. The van der Waals surface area contributed by atoms with E-state index in [1.807, 2.05) is 19.9 Å². The summed E-state index contributed by atoms with van der Waals surface area (Å²) >= 11 is 1.44. The van der Waals surface area contributed by atoms with Gasteiger partial charge >= 0.3 is 0 Å². The topological polar surface area (TPSA) is 54.9 Å². The maximum atomic E-state index is 12.1. The predicted octanol–water partition coefficient (Wildman–Crippen LogP) is 2.35. The summed E-state index contributed by atoms with van der Waals surface area (Å²) in [6, 6.07) is 2.43. The third kappa shape index (κ3) is 2.45. The Labute approximate surface area is 129 Å². The van der Waals surface area contributed by atoms with E-state index in [1.165, 1.54) is 31.0 Å². The van der Waals surface area contributed by atoms with Gasteiger partial charge in [0.2, 0.25) is 5.91 Å². The molecule has 3 aliphatic carbocycles. The Morgan fingerprint density at radius 1 is 1.24 bits per heavy atom. The van der Waals surface area contributed by atoms with Crippen LogP contribution in [0.3, 0.4) is 0 Å². The van der Waals surface area contributed by atoms with Gasteiger partial charge in [-0.25, -0.2) is 9.97 Å². The Kier molecular flexibility index (Phi) is 3.21. The molecule has 4 rings (SSSR count). The van der Waals surface area contributed by atoms with Crippen molar-refractivity contribution in [2.75, 3.05) is 5.75 Å². The zero-order chi connectivity index (χ0) is 14.6. The first-order valence-electron chi connectivity index (χ1n) is 7.86. The van der Waals surface area contributed by atoms with Gasteiger partial charge in [0, 0.05) is 17.4 Å². The number of fused-ring (bicyclic) bond motifs is 5. The van der Waals surface area contributed by atoms with Crippen LogP contribution in [0.5, 0.6) is 0 Å². The van der Waals surface area contributed by atoms with Gasteiger partial charge in [-0.1, -0.05) is 11.8 Å². The monoisotopic (exact) mass is 303 g/mol. The first kappa shape index (κ1) is 13.6. The largest absolute Gasteiger partial charge is 0.352 e. The maximum Gasteiger partial charge on any atom is 0.230 e.